The van der Waals surface area contributed by atoms with Gasteiger partial charge in [0.25, 0.3) is 0 Å². The molecule has 0 aliphatic rings. The Balaban J connectivity index is 1.25. The Labute approximate surface area is 358 Å². The minimum Gasteiger partial charge on any atom is -0.309 e. The van der Waals surface area contributed by atoms with Crippen molar-refractivity contribution in [2.24, 2.45) is 0 Å². The van der Waals surface area contributed by atoms with Crippen LogP contribution in [-0.2, 0) is 0 Å². The van der Waals surface area contributed by atoms with Crippen LogP contribution in [0.5, 0.6) is 0 Å². The SMILES string of the molecule is [2H]c1c([2H])c([2H])c(-c2cc(-c3c([2H])c([2H])c([2H])c([2H])c3[2H])c(-c3cccc(-n4c5ccccc5c5cc(-n6c7c([2H])c([2H])c([2H])c([2H])c7c7c([2H])c([2H])c([2H])c([2H])c76)ccc54)c3)c(-c3c([2H])c([2H])c([2H])c([2H])c3[2H])c2)c([2H])c1[2H]. The molecule has 0 unspecified atom stereocenters. The van der Waals surface area contributed by atoms with Crippen LogP contribution in [0.1, 0.15) is 31.5 Å². The third-order valence-corrected chi connectivity index (χ3v) is 9.81. The lowest BCUT2D eigenvalue weighted by atomic mass is 9.84. The molecule has 2 heteroatoms. The number of rotatable bonds is 6. The molecule has 0 saturated carbocycles. The van der Waals surface area contributed by atoms with Crippen LogP contribution < -0.4 is 0 Å². The first-order valence-corrected chi connectivity index (χ1v) is 17.4. The van der Waals surface area contributed by atoms with Crippen LogP contribution in [0, 0.1) is 0 Å². The smallest absolute Gasteiger partial charge is 0.0645 e. The third kappa shape index (κ3) is 5.19. The van der Waals surface area contributed by atoms with E-state index in [9.17, 15) is 5.48 Å². The highest BCUT2D eigenvalue weighted by Gasteiger charge is 2.20. The van der Waals surface area contributed by atoms with Gasteiger partial charge < -0.3 is 9.13 Å². The molecule has 2 aromatic heterocycles. The number of para-hydroxylation sites is 3. The molecular weight excluding hydrogens is 677 g/mol. The van der Waals surface area contributed by atoms with E-state index in [1.165, 1.54) is 16.7 Å². The summed E-state index contributed by atoms with van der Waals surface area (Å²) in [5.74, 6) is 0. The van der Waals surface area contributed by atoms with E-state index in [1.54, 1.807) is 54.6 Å². The van der Waals surface area contributed by atoms with Crippen LogP contribution in [0.3, 0.4) is 0 Å². The van der Waals surface area contributed by atoms with Gasteiger partial charge in [0.15, 0.2) is 0 Å². The van der Waals surface area contributed by atoms with Gasteiger partial charge in [0.1, 0.15) is 0 Å². The largest absolute Gasteiger partial charge is 0.309 e. The molecule has 0 amide bonds. The summed E-state index contributed by atoms with van der Waals surface area (Å²) in [6, 6.07) is 6.41. The molecule has 0 aliphatic carbocycles. The highest BCUT2D eigenvalue weighted by molar-refractivity contribution is 6.12. The molecule has 2 heterocycles. The lowest BCUT2D eigenvalue weighted by Gasteiger charge is -2.20. The van der Waals surface area contributed by atoms with Crippen molar-refractivity contribution in [3.05, 3.63) is 218 Å². The van der Waals surface area contributed by atoms with Gasteiger partial charge in [-0.2, -0.15) is 0 Å². The summed E-state index contributed by atoms with van der Waals surface area (Å²) in [5, 5.41) is 1.02. The van der Waals surface area contributed by atoms with Gasteiger partial charge in [0.2, 0.25) is 0 Å². The monoisotopic (exact) mass is 735 g/mol. The van der Waals surface area contributed by atoms with Crippen molar-refractivity contribution in [1.29, 1.82) is 0 Å². The lowest BCUT2D eigenvalue weighted by Crippen LogP contribution is -1.97. The molecule has 0 atom stereocenters. The van der Waals surface area contributed by atoms with E-state index in [2.05, 4.69) is 0 Å². The highest BCUT2D eigenvalue weighted by Crippen LogP contribution is 2.44. The summed E-state index contributed by atoms with van der Waals surface area (Å²) < 4.78 is 206. The summed E-state index contributed by atoms with van der Waals surface area (Å²) in [5.41, 5.74) is 0.0929. The third-order valence-electron chi connectivity index (χ3n) is 9.81. The average Bonchev–Trinajstić information content (AvgIpc) is 4.12. The molecule has 0 saturated heterocycles. The van der Waals surface area contributed by atoms with E-state index in [0.29, 0.717) is 27.5 Å². The van der Waals surface area contributed by atoms with Gasteiger partial charge >= 0.3 is 0 Å². The number of benzene rings is 9. The first-order chi connectivity index (χ1) is 37.3. The van der Waals surface area contributed by atoms with E-state index >= 15 is 0 Å². The second-order valence-corrected chi connectivity index (χ2v) is 12.8. The Morgan fingerprint density at radius 3 is 1.46 bits per heavy atom. The molecule has 262 valence electrons. The number of hydrogen-bond acceptors (Lipinski definition) is 0. The van der Waals surface area contributed by atoms with Crippen molar-refractivity contribution >= 4 is 43.6 Å². The maximum atomic E-state index is 9.25. The molecule has 0 N–H and O–H groups in total. The molecule has 0 bridgehead atoms. The number of fused-ring (bicyclic) bond motifs is 6. The van der Waals surface area contributed by atoms with Gasteiger partial charge in [-0.25, -0.2) is 0 Å². The number of hydrogen-bond donors (Lipinski definition) is 0. The van der Waals surface area contributed by atoms with Gasteiger partial charge in [-0.3, -0.25) is 0 Å². The molecule has 0 spiro atoms. The van der Waals surface area contributed by atoms with Crippen molar-refractivity contribution in [2.75, 3.05) is 0 Å². The van der Waals surface area contributed by atoms with E-state index < -0.39 is 150 Å². The summed E-state index contributed by atoms with van der Waals surface area (Å²) in [7, 11) is 0. The quantitative estimate of drug-likeness (QED) is 0.161. The minimum absolute atomic E-state index is 0.0291. The van der Waals surface area contributed by atoms with Gasteiger partial charge in [-0.1, -0.05) is 157 Å². The first kappa shape index (κ1) is 16.5. The Hall–Kier alpha value is -7.42. The van der Waals surface area contributed by atoms with E-state index in [1.807, 2.05) is 16.7 Å². The molecule has 56 heavy (non-hydrogen) atoms. The van der Waals surface area contributed by atoms with Crippen LogP contribution >= 0.6 is 0 Å². The van der Waals surface area contributed by atoms with Crippen molar-refractivity contribution in [2.45, 2.75) is 0 Å². The van der Waals surface area contributed by atoms with Crippen LogP contribution in [-0.4, -0.2) is 9.13 Å². The fourth-order valence-corrected chi connectivity index (χ4v) is 7.51. The molecule has 11 aromatic rings. The zero-order valence-electron chi connectivity index (χ0n) is 51.9. The first-order valence-electron chi connectivity index (χ1n) is 28.9. The van der Waals surface area contributed by atoms with Crippen LogP contribution in [0.15, 0.2) is 218 Å². The summed E-state index contributed by atoms with van der Waals surface area (Å²) in [6.45, 7) is 0. The zero-order valence-corrected chi connectivity index (χ0v) is 28.9. The van der Waals surface area contributed by atoms with Crippen molar-refractivity contribution in [3.63, 3.8) is 0 Å². The number of aromatic nitrogens is 2. The minimum atomic E-state index is -0.750. The Bertz CT molecular complexity index is 4340. The van der Waals surface area contributed by atoms with Gasteiger partial charge in [0.05, 0.1) is 53.6 Å². The summed E-state index contributed by atoms with van der Waals surface area (Å²) in [4.78, 5) is 0. The number of nitrogens with zero attached hydrogens (tertiary/aromatic N) is 2. The molecular formula is C54H36N2. The molecule has 0 radical (unpaired) electrons. The van der Waals surface area contributed by atoms with Gasteiger partial charge in [-0.05, 0) is 105 Å². The highest BCUT2D eigenvalue weighted by atomic mass is 15.0. The fraction of sp³-hybridized carbons (Fsp3) is 0. The maximum Gasteiger partial charge on any atom is 0.0645 e. The Morgan fingerprint density at radius 2 is 0.821 bits per heavy atom. The predicted molar refractivity (Wildman–Crippen MR) is 237 cm³/mol. The van der Waals surface area contributed by atoms with Crippen LogP contribution in [0.25, 0.3) is 99.5 Å². The van der Waals surface area contributed by atoms with Crippen LogP contribution in [0.4, 0.5) is 0 Å². The zero-order chi connectivity index (χ0) is 57.0. The predicted octanol–water partition coefficient (Wildman–Crippen LogP) is 14.5. The maximum absolute atomic E-state index is 9.25. The second-order valence-electron chi connectivity index (χ2n) is 12.8. The second kappa shape index (κ2) is 13.2. The van der Waals surface area contributed by atoms with E-state index in [-0.39, 0.29) is 60.9 Å². The lowest BCUT2D eigenvalue weighted by molar-refractivity contribution is 1.17. The molecule has 11 rings (SSSR count). The molecule has 0 fully saturated rings. The standard InChI is InChI=1S/C54H36N2/c1-4-17-37(18-5-1)41-34-47(38-19-6-2-7-20-38)54(48(35-41)39-21-8-3-9-22-39)40-23-16-24-42(33-40)55-52-30-15-12-27-46(52)49-36-43(31-32-53(49)55)56-50-28-13-10-25-44(50)45-26-11-14-29-51(45)56/h1-36H/i1D,2D,3D,4D,5D,6D,7D,8D,9D,10D,11D,13D,14D,17D,18D,19D,20D,21D,22D,25D,26D,28D,29D. The normalized spacial score (nSPS) is 17.3. The van der Waals surface area contributed by atoms with Gasteiger partial charge in [0, 0.05) is 32.9 Å². The van der Waals surface area contributed by atoms with Crippen molar-refractivity contribution < 1.29 is 31.5 Å². The molecule has 9 aromatic carbocycles. The fourth-order valence-electron chi connectivity index (χ4n) is 7.51. The molecule has 0 aliphatic heterocycles. The van der Waals surface area contributed by atoms with Gasteiger partial charge in [-0.15, -0.1) is 0 Å². The molecule has 2 nitrogen and oxygen atoms in total. The topological polar surface area (TPSA) is 9.86 Å². The van der Waals surface area contributed by atoms with E-state index in [0.717, 1.165) is 0 Å². The summed E-state index contributed by atoms with van der Waals surface area (Å²) in [6.07, 6.45) is 0. The van der Waals surface area contributed by atoms with Crippen molar-refractivity contribution in [1.82, 2.24) is 9.13 Å². The Kier molecular flexibility index (Phi) is 3.88. The Morgan fingerprint density at radius 1 is 0.304 bits per heavy atom. The van der Waals surface area contributed by atoms with E-state index in [4.69, 9.17) is 26.0 Å². The van der Waals surface area contributed by atoms with Crippen molar-refractivity contribution in [3.8, 4) is 55.9 Å². The van der Waals surface area contributed by atoms with Crippen LogP contribution in [0.2, 0.25) is 0 Å². The summed E-state index contributed by atoms with van der Waals surface area (Å²) >= 11 is 0. The average molecular weight is 736 g/mol.